The van der Waals surface area contributed by atoms with Crippen molar-refractivity contribution >= 4 is 44.0 Å². The summed E-state index contributed by atoms with van der Waals surface area (Å²) in [4.78, 5) is 12.2. The Kier molecular flexibility index (Phi) is 5.08. The van der Waals surface area contributed by atoms with Gasteiger partial charge in [0, 0.05) is 15.8 Å². The van der Waals surface area contributed by atoms with Gasteiger partial charge in [-0.1, -0.05) is 22.0 Å². The summed E-state index contributed by atoms with van der Waals surface area (Å²) in [5, 5.41) is 2.49. The standard InChI is InChI=1S/C14H12BrFN2O2S/c15-9-4-5-12(17)13(6-9)21(20)8-14(19)18-11-3-1-2-10(16)7-11/h1-7H,8,17H2,(H,18,19). The molecule has 1 unspecified atom stereocenters. The van der Waals surface area contributed by atoms with E-state index in [1.807, 2.05) is 0 Å². The summed E-state index contributed by atoms with van der Waals surface area (Å²) in [6.07, 6.45) is 0. The van der Waals surface area contributed by atoms with Crippen molar-refractivity contribution in [3.8, 4) is 0 Å². The van der Waals surface area contributed by atoms with Gasteiger partial charge in [-0.05, 0) is 36.4 Å². The van der Waals surface area contributed by atoms with E-state index in [4.69, 9.17) is 5.73 Å². The summed E-state index contributed by atoms with van der Waals surface area (Å²) in [5.41, 5.74) is 6.42. The first-order valence-electron chi connectivity index (χ1n) is 5.94. The van der Waals surface area contributed by atoms with Crippen molar-refractivity contribution in [1.82, 2.24) is 0 Å². The van der Waals surface area contributed by atoms with E-state index in [-0.39, 0.29) is 5.75 Å². The number of nitrogens with two attached hydrogens (primary N) is 1. The first-order chi connectivity index (χ1) is 9.95. The summed E-state index contributed by atoms with van der Waals surface area (Å²) < 4.78 is 25.9. The van der Waals surface area contributed by atoms with Gasteiger partial charge in [-0.3, -0.25) is 9.00 Å². The van der Waals surface area contributed by atoms with E-state index < -0.39 is 22.5 Å². The first-order valence-corrected chi connectivity index (χ1v) is 8.06. The highest BCUT2D eigenvalue weighted by Crippen LogP contribution is 2.22. The predicted molar refractivity (Wildman–Crippen MR) is 84.9 cm³/mol. The third-order valence-electron chi connectivity index (χ3n) is 2.59. The maximum atomic E-state index is 13.0. The zero-order valence-corrected chi connectivity index (χ0v) is 13.2. The zero-order chi connectivity index (χ0) is 15.4. The van der Waals surface area contributed by atoms with Crippen LogP contribution in [0.4, 0.5) is 15.8 Å². The molecule has 3 N–H and O–H groups in total. The molecule has 1 amide bonds. The molecule has 0 bridgehead atoms. The van der Waals surface area contributed by atoms with Crippen LogP contribution in [-0.4, -0.2) is 15.9 Å². The van der Waals surface area contributed by atoms with Crippen LogP contribution >= 0.6 is 15.9 Å². The number of amides is 1. The Hall–Kier alpha value is -1.73. The fraction of sp³-hybridized carbons (Fsp3) is 0.0714. The number of nitrogen functional groups attached to an aromatic ring is 1. The van der Waals surface area contributed by atoms with Crippen molar-refractivity contribution in [2.24, 2.45) is 0 Å². The number of hydrogen-bond donors (Lipinski definition) is 2. The molecule has 0 saturated heterocycles. The molecule has 1 atom stereocenters. The van der Waals surface area contributed by atoms with Gasteiger partial charge >= 0.3 is 0 Å². The van der Waals surface area contributed by atoms with Crippen LogP contribution in [0.5, 0.6) is 0 Å². The lowest BCUT2D eigenvalue weighted by Gasteiger charge is -2.07. The molecule has 7 heteroatoms. The molecule has 2 aromatic rings. The third kappa shape index (κ3) is 4.37. The van der Waals surface area contributed by atoms with Gasteiger partial charge in [-0.15, -0.1) is 0 Å². The Labute approximate surface area is 132 Å². The van der Waals surface area contributed by atoms with Crippen LogP contribution in [0, 0.1) is 5.82 Å². The van der Waals surface area contributed by atoms with Gasteiger partial charge in [0.1, 0.15) is 11.6 Å². The average Bonchev–Trinajstić information content (AvgIpc) is 2.41. The van der Waals surface area contributed by atoms with Crippen LogP contribution < -0.4 is 11.1 Å². The van der Waals surface area contributed by atoms with E-state index >= 15 is 0 Å². The van der Waals surface area contributed by atoms with E-state index in [2.05, 4.69) is 21.2 Å². The van der Waals surface area contributed by atoms with Crippen LogP contribution in [0.1, 0.15) is 0 Å². The highest BCUT2D eigenvalue weighted by atomic mass is 79.9. The summed E-state index contributed by atoms with van der Waals surface area (Å²) in [5.74, 6) is -1.18. The van der Waals surface area contributed by atoms with Crippen LogP contribution in [0.2, 0.25) is 0 Å². The molecule has 21 heavy (non-hydrogen) atoms. The molecule has 0 aromatic heterocycles. The van der Waals surface area contributed by atoms with Crippen LogP contribution in [-0.2, 0) is 15.6 Å². The largest absolute Gasteiger partial charge is 0.398 e. The van der Waals surface area contributed by atoms with Crippen molar-refractivity contribution in [2.75, 3.05) is 16.8 Å². The Bertz CT molecular complexity index is 709. The SMILES string of the molecule is Nc1ccc(Br)cc1S(=O)CC(=O)Nc1cccc(F)c1. The lowest BCUT2D eigenvalue weighted by Crippen LogP contribution is -2.20. The summed E-state index contributed by atoms with van der Waals surface area (Å²) in [6.45, 7) is 0. The summed E-state index contributed by atoms with van der Waals surface area (Å²) in [6, 6.07) is 10.4. The van der Waals surface area contributed by atoms with Gasteiger partial charge < -0.3 is 11.1 Å². The number of carbonyl (C=O) groups excluding carboxylic acids is 1. The molecule has 110 valence electrons. The Balaban J connectivity index is 2.05. The molecular formula is C14H12BrFN2O2S. The minimum absolute atomic E-state index is 0.253. The number of rotatable bonds is 4. The molecule has 4 nitrogen and oxygen atoms in total. The minimum atomic E-state index is -1.58. The molecular weight excluding hydrogens is 359 g/mol. The van der Waals surface area contributed by atoms with Crippen molar-refractivity contribution < 1.29 is 13.4 Å². The normalized spacial score (nSPS) is 11.9. The number of anilines is 2. The van der Waals surface area contributed by atoms with Crippen molar-refractivity contribution in [3.63, 3.8) is 0 Å². The maximum Gasteiger partial charge on any atom is 0.237 e. The average molecular weight is 371 g/mol. The molecule has 2 aromatic carbocycles. The second kappa shape index (κ2) is 6.82. The number of nitrogens with one attached hydrogen (secondary N) is 1. The minimum Gasteiger partial charge on any atom is -0.398 e. The second-order valence-corrected chi connectivity index (χ2v) is 6.57. The van der Waals surface area contributed by atoms with E-state index in [0.717, 1.165) is 4.47 Å². The predicted octanol–water partition coefficient (Wildman–Crippen LogP) is 2.92. The number of benzene rings is 2. The molecule has 0 heterocycles. The number of carbonyl (C=O) groups is 1. The highest BCUT2D eigenvalue weighted by molar-refractivity contribution is 9.10. The van der Waals surface area contributed by atoms with E-state index in [9.17, 15) is 13.4 Å². The highest BCUT2D eigenvalue weighted by Gasteiger charge is 2.13. The van der Waals surface area contributed by atoms with Crippen molar-refractivity contribution in [1.29, 1.82) is 0 Å². The zero-order valence-electron chi connectivity index (χ0n) is 10.8. The molecule has 0 aliphatic heterocycles. The van der Waals surface area contributed by atoms with Gasteiger partial charge in [0.15, 0.2) is 0 Å². The van der Waals surface area contributed by atoms with Gasteiger partial charge in [-0.25, -0.2) is 4.39 Å². The fourth-order valence-corrected chi connectivity index (χ4v) is 3.23. The topological polar surface area (TPSA) is 72.2 Å². The smallest absolute Gasteiger partial charge is 0.237 e. The molecule has 0 saturated carbocycles. The fourth-order valence-electron chi connectivity index (χ4n) is 1.67. The van der Waals surface area contributed by atoms with E-state index in [0.29, 0.717) is 16.3 Å². The maximum absolute atomic E-state index is 13.0. The Morgan fingerprint density at radius 2 is 2.05 bits per heavy atom. The monoisotopic (exact) mass is 370 g/mol. The Morgan fingerprint density at radius 1 is 1.29 bits per heavy atom. The van der Waals surface area contributed by atoms with Crippen LogP contribution in [0.25, 0.3) is 0 Å². The molecule has 2 rings (SSSR count). The van der Waals surface area contributed by atoms with Gasteiger partial charge in [-0.2, -0.15) is 0 Å². The summed E-state index contributed by atoms with van der Waals surface area (Å²) in [7, 11) is -1.58. The van der Waals surface area contributed by atoms with E-state index in [1.165, 1.54) is 18.2 Å². The molecule has 0 aliphatic rings. The van der Waals surface area contributed by atoms with Gasteiger partial charge in [0.25, 0.3) is 0 Å². The number of hydrogen-bond acceptors (Lipinski definition) is 3. The molecule has 0 spiro atoms. The number of halogens is 2. The van der Waals surface area contributed by atoms with Crippen molar-refractivity contribution in [3.05, 3.63) is 52.8 Å². The second-order valence-electron chi connectivity index (χ2n) is 4.23. The lowest BCUT2D eigenvalue weighted by molar-refractivity contribution is -0.113. The Morgan fingerprint density at radius 3 is 2.76 bits per heavy atom. The summed E-state index contributed by atoms with van der Waals surface area (Å²) >= 11 is 3.26. The van der Waals surface area contributed by atoms with Crippen molar-refractivity contribution in [2.45, 2.75) is 4.90 Å². The molecule has 0 radical (unpaired) electrons. The van der Waals surface area contributed by atoms with Gasteiger partial charge in [0.2, 0.25) is 5.91 Å². The van der Waals surface area contributed by atoms with Crippen LogP contribution in [0.15, 0.2) is 51.8 Å². The first kappa shape index (κ1) is 15.7. The molecule has 0 fully saturated rings. The van der Waals surface area contributed by atoms with E-state index in [1.54, 1.807) is 24.3 Å². The van der Waals surface area contributed by atoms with Gasteiger partial charge in [0.05, 0.1) is 15.7 Å². The quantitative estimate of drug-likeness (QED) is 0.812. The third-order valence-corrected chi connectivity index (χ3v) is 4.45. The molecule has 0 aliphatic carbocycles. The lowest BCUT2D eigenvalue weighted by atomic mass is 10.3. The van der Waals surface area contributed by atoms with Crippen LogP contribution in [0.3, 0.4) is 0 Å².